The first-order chi connectivity index (χ1) is 7.64. The molecule has 1 aliphatic rings. The Labute approximate surface area is 95.7 Å². The van der Waals surface area contributed by atoms with E-state index in [9.17, 15) is 4.79 Å². The molecule has 1 unspecified atom stereocenters. The highest BCUT2D eigenvalue weighted by atomic mass is 28.4. The van der Waals surface area contributed by atoms with Crippen molar-refractivity contribution in [3.63, 3.8) is 0 Å². The van der Waals surface area contributed by atoms with Crippen molar-refractivity contribution in [3.8, 4) is 0 Å². The summed E-state index contributed by atoms with van der Waals surface area (Å²) < 4.78 is 20.3. The molecule has 1 aliphatic heterocycles. The van der Waals surface area contributed by atoms with Crippen LogP contribution in [0.4, 0.5) is 4.79 Å². The third kappa shape index (κ3) is 3.83. The van der Waals surface area contributed by atoms with Crippen LogP contribution in [0.25, 0.3) is 0 Å². The van der Waals surface area contributed by atoms with Gasteiger partial charge in [-0.15, -0.1) is 0 Å². The number of carboxylic acid groups (broad SMARTS) is 1. The van der Waals surface area contributed by atoms with E-state index >= 15 is 0 Å². The van der Waals surface area contributed by atoms with E-state index in [4.69, 9.17) is 23.4 Å². The van der Waals surface area contributed by atoms with E-state index in [1.165, 1.54) is 14.2 Å². The van der Waals surface area contributed by atoms with Gasteiger partial charge < -0.3 is 23.4 Å². The minimum Gasteiger partial charge on any atom is -0.481 e. The summed E-state index contributed by atoms with van der Waals surface area (Å²) in [4.78, 5) is 11.0. The molecule has 0 saturated carbocycles. The molecule has 1 fully saturated rings. The molecule has 0 aromatic heterocycles. The number of hydrogen-bond donors (Lipinski definition) is 1. The molecule has 0 aromatic rings. The highest BCUT2D eigenvalue weighted by Crippen LogP contribution is 2.16. The van der Waals surface area contributed by atoms with Crippen molar-refractivity contribution in [2.45, 2.75) is 18.6 Å². The minimum absolute atomic E-state index is 0.242. The van der Waals surface area contributed by atoms with Gasteiger partial charge in [-0.25, -0.2) is 0 Å². The molecular weight excluding hydrogens is 232 g/mol. The molecule has 0 aliphatic carbocycles. The average Bonchev–Trinajstić information content (AvgIpc) is 3.07. The van der Waals surface area contributed by atoms with Crippen LogP contribution in [0.3, 0.4) is 0 Å². The van der Waals surface area contributed by atoms with Crippen molar-refractivity contribution in [3.05, 3.63) is 0 Å². The van der Waals surface area contributed by atoms with Gasteiger partial charge in [0.1, 0.15) is 6.10 Å². The van der Waals surface area contributed by atoms with Gasteiger partial charge in [0, 0.05) is 26.9 Å². The van der Waals surface area contributed by atoms with Crippen molar-refractivity contribution in [1.82, 2.24) is 0 Å². The van der Waals surface area contributed by atoms with E-state index in [-0.39, 0.29) is 6.10 Å². The molecule has 1 saturated heterocycles. The second kappa shape index (κ2) is 6.31. The maximum absolute atomic E-state index is 11.0. The third-order valence-corrected chi connectivity index (χ3v) is 5.47. The molecule has 6 nitrogen and oxygen atoms in total. The van der Waals surface area contributed by atoms with Crippen molar-refractivity contribution < 1.29 is 28.2 Å². The maximum Gasteiger partial charge on any atom is 0.461 e. The topological polar surface area (TPSA) is 77.5 Å². The van der Waals surface area contributed by atoms with E-state index in [1.54, 1.807) is 0 Å². The third-order valence-electron chi connectivity index (χ3n) is 2.49. The van der Waals surface area contributed by atoms with Crippen molar-refractivity contribution in [2.75, 3.05) is 34.0 Å². The lowest BCUT2D eigenvalue weighted by Gasteiger charge is -2.21. The summed E-state index contributed by atoms with van der Waals surface area (Å²) in [6.07, 6.45) is 0.860. The second-order valence-corrected chi connectivity index (χ2v) is 6.85. The summed E-state index contributed by atoms with van der Waals surface area (Å²) in [7, 11) is -0.322. The first-order valence-electron chi connectivity index (χ1n) is 5.17. The van der Waals surface area contributed by atoms with Gasteiger partial charge in [-0.2, -0.15) is 0 Å². The average molecular weight is 250 g/mol. The van der Waals surface area contributed by atoms with Gasteiger partial charge in [0.15, 0.2) is 0 Å². The number of rotatable bonds is 9. The molecule has 1 N–H and O–H groups in total. The molecule has 0 bridgehead atoms. The van der Waals surface area contributed by atoms with E-state index in [0.29, 0.717) is 25.7 Å². The number of carbonyl (C=O) groups is 1. The molecule has 1 atom stereocenters. The standard InChI is InChI=1S/C9H18O6Si/c1-12-16(13-2,9(10)11)5-3-4-14-6-8-7-15-8/h8H,3-7H2,1-2H3,(H,10,11). The van der Waals surface area contributed by atoms with Crippen LogP contribution >= 0.6 is 0 Å². The smallest absolute Gasteiger partial charge is 0.461 e. The first kappa shape index (κ1) is 13.6. The zero-order valence-corrected chi connectivity index (χ0v) is 10.6. The molecule has 0 radical (unpaired) electrons. The van der Waals surface area contributed by atoms with E-state index in [0.717, 1.165) is 6.61 Å². The Hall–Kier alpha value is -0.473. The van der Waals surface area contributed by atoms with E-state index in [2.05, 4.69) is 0 Å². The highest BCUT2D eigenvalue weighted by Gasteiger charge is 2.45. The van der Waals surface area contributed by atoms with Gasteiger partial charge in [-0.3, -0.25) is 4.79 Å². The fourth-order valence-corrected chi connectivity index (χ4v) is 3.10. The van der Waals surface area contributed by atoms with Crippen LogP contribution < -0.4 is 0 Å². The van der Waals surface area contributed by atoms with Gasteiger partial charge in [0.2, 0.25) is 0 Å². The van der Waals surface area contributed by atoms with Crippen molar-refractivity contribution >= 4 is 14.2 Å². The van der Waals surface area contributed by atoms with Crippen LogP contribution in [0.1, 0.15) is 6.42 Å². The molecule has 0 amide bonds. The number of ether oxygens (including phenoxy) is 2. The number of hydrogen-bond acceptors (Lipinski definition) is 5. The Balaban J connectivity index is 2.17. The Morgan fingerprint density at radius 1 is 1.50 bits per heavy atom. The Bertz CT molecular complexity index is 226. The molecular formula is C9H18O6Si. The first-order valence-corrected chi connectivity index (χ1v) is 7.20. The Kier molecular flexibility index (Phi) is 5.36. The zero-order chi connectivity index (χ0) is 12.0. The van der Waals surface area contributed by atoms with Gasteiger partial charge in [0.05, 0.1) is 13.2 Å². The van der Waals surface area contributed by atoms with Gasteiger partial charge in [0.25, 0.3) is 0 Å². The van der Waals surface area contributed by atoms with E-state index in [1.807, 2.05) is 0 Å². The van der Waals surface area contributed by atoms with Crippen molar-refractivity contribution in [1.29, 1.82) is 0 Å². The predicted octanol–water partition coefficient (Wildman–Crippen LogP) is 0.787. The number of epoxide rings is 1. The highest BCUT2D eigenvalue weighted by molar-refractivity contribution is 6.95. The molecule has 0 aromatic carbocycles. The van der Waals surface area contributed by atoms with Crippen LogP contribution in [-0.4, -0.2) is 59.4 Å². The lowest BCUT2D eigenvalue weighted by molar-refractivity contribution is 0.114. The van der Waals surface area contributed by atoms with E-state index < -0.39 is 14.2 Å². The zero-order valence-electron chi connectivity index (χ0n) is 9.60. The lowest BCUT2D eigenvalue weighted by Crippen LogP contribution is -2.48. The van der Waals surface area contributed by atoms with Gasteiger partial charge in [-0.1, -0.05) is 0 Å². The Morgan fingerprint density at radius 3 is 2.56 bits per heavy atom. The minimum atomic E-state index is -3.08. The van der Waals surface area contributed by atoms with Gasteiger partial charge in [-0.05, 0) is 6.42 Å². The molecule has 16 heavy (non-hydrogen) atoms. The van der Waals surface area contributed by atoms with Crippen LogP contribution in [0.15, 0.2) is 0 Å². The summed E-state index contributed by atoms with van der Waals surface area (Å²) in [5.74, 6) is 0. The van der Waals surface area contributed by atoms with Crippen LogP contribution in [0.2, 0.25) is 6.04 Å². The molecule has 1 heterocycles. The normalized spacial score (nSPS) is 19.8. The quantitative estimate of drug-likeness (QED) is 0.370. The molecule has 7 heteroatoms. The molecule has 1 rings (SSSR count). The molecule has 0 spiro atoms. The van der Waals surface area contributed by atoms with Crippen molar-refractivity contribution in [2.24, 2.45) is 0 Å². The molecule has 94 valence electrons. The lowest BCUT2D eigenvalue weighted by atomic mass is 10.5. The fraction of sp³-hybridized carbons (Fsp3) is 0.889. The summed E-state index contributed by atoms with van der Waals surface area (Å²) in [5, 5.41) is 9.03. The van der Waals surface area contributed by atoms with Crippen LogP contribution in [0.5, 0.6) is 0 Å². The predicted molar refractivity (Wildman–Crippen MR) is 57.8 cm³/mol. The summed E-state index contributed by atoms with van der Waals surface area (Å²) >= 11 is 0. The van der Waals surface area contributed by atoms with Gasteiger partial charge >= 0.3 is 14.2 Å². The largest absolute Gasteiger partial charge is 0.481 e. The summed E-state index contributed by atoms with van der Waals surface area (Å²) in [5.41, 5.74) is -0.983. The maximum atomic E-state index is 11.0. The summed E-state index contributed by atoms with van der Waals surface area (Å²) in [6, 6.07) is 0.390. The monoisotopic (exact) mass is 250 g/mol. The second-order valence-electron chi connectivity index (χ2n) is 3.60. The SMILES string of the molecule is CO[Si](CCCOCC1CO1)(OC)C(=O)O. The Morgan fingerprint density at radius 2 is 2.12 bits per heavy atom. The summed E-state index contributed by atoms with van der Waals surface area (Å²) in [6.45, 7) is 1.86. The fourth-order valence-electron chi connectivity index (χ4n) is 1.36. The van der Waals surface area contributed by atoms with Crippen LogP contribution in [-0.2, 0) is 18.3 Å². The van der Waals surface area contributed by atoms with Crippen LogP contribution in [0, 0.1) is 0 Å².